The molecule has 1 aromatic heterocycles. The smallest absolute Gasteiger partial charge is 0.252 e. The molecule has 2 heterocycles. The predicted octanol–water partition coefficient (Wildman–Crippen LogP) is 2.23. The van der Waals surface area contributed by atoms with Gasteiger partial charge < -0.3 is 15.5 Å². The Morgan fingerprint density at radius 2 is 2.14 bits per heavy atom. The zero-order valence-corrected chi connectivity index (χ0v) is 13.0. The van der Waals surface area contributed by atoms with Gasteiger partial charge in [0.25, 0.3) is 5.91 Å². The Labute approximate surface area is 132 Å². The van der Waals surface area contributed by atoms with E-state index >= 15 is 0 Å². The number of nitrogens with one attached hydrogen (secondary N) is 2. The van der Waals surface area contributed by atoms with Gasteiger partial charge in [0.15, 0.2) is 0 Å². The van der Waals surface area contributed by atoms with Crippen LogP contribution in [-0.2, 0) is 6.54 Å². The van der Waals surface area contributed by atoms with Crippen LogP contribution in [0.1, 0.15) is 15.9 Å². The fraction of sp³-hybridized carbons (Fsp3) is 0.312. The molecule has 1 aliphatic rings. The zero-order valence-electron chi connectivity index (χ0n) is 12.1. The summed E-state index contributed by atoms with van der Waals surface area (Å²) in [5.41, 5.74) is 2.04. The predicted molar refractivity (Wildman–Crippen MR) is 87.0 cm³/mol. The minimum atomic E-state index is -0.232. The third-order valence-electron chi connectivity index (χ3n) is 3.71. The molecule has 1 fully saturated rings. The maximum absolute atomic E-state index is 14.3. The van der Waals surface area contributed by atoms with Crippen molar-refractivity contribution < 1.29 is 9.18 Å². The second kappa shape index (κ2) is 6.89. The van der Waals surface area contributed by atoms with Crippen LogP contribution in [0.15, 0.2) is 35.0 Å². The average molecular weight is 319 g/mol. The molecule has 0 atom stereocenters. The molecule has 22 heavy (non-hydrogen) atoms. The Morgan fingerprint density at radius 3 is 2.82 bits per heavy atom. The van der Waals surface area contributed by atoms with E-state index in [1.54, 1.807) is 17.5 Å². The maximum Gasteiger partial charge on any atom is 0.252 e. The summed E-state index contributed by atoms with van der Waals surface area (Å²) in [7, 11) is 0. The molecule has 0 unspecified atom stereocenters. The van der Waals surface area contributed by atoms with Gasteiger partial charge in [-0.3, -0.25) is 4.79 Å². The Hall–Kier alpha value is -1.92. The lowest BCUT2D eigenvalue weighted by molar-refractivity contribution is 0.0951. The first-order valence-electron chi connectivity index (χ1n) is 7.28. The highest BCUT2D eigenvalue weighted by atomic mass is 32.1. The van der Waals surface area contributed by atoms with Gasteiger partial charge in [0, 0.05) is 43.7 Å². The van der Waals surface area contributed by atoms with Crippen LogP contribution in [0.4, 0.5) is 10.1 Å². The second-order valence-corrected chi connectivity index (χ2v) is 6.00. The lowest BCUT2D eigenvalue weighted by atomic mass is 10.1. The van der Waals surface area contributed by atoms with Gasteiger partial charge in [-0.2, -0.15) is 11.3 Å². The molecular weight excluding hydrogens is 301 g/mol. The van der Waals surface area contributed by atoms with Crippen LogP contribution in [0.3, 0.4) is 0 Å². The number of benzene rings is 1. The molecule has 0 radical (unpaired) electrons. The number of amides is 1. The summed E-state index contributed by atoms with van der Waals surface area (Å²) >= 11 is 1.48. The van der Waals surface area contributed by atoms with E-state index in [1.807, 2.05) is 16.3 Å². The molecule has 1 aromatic carbocycles. The molecule has 6 heteroatoms. The second-order valence-electron chi connectivity index (χ2n) is 5.22. The first kappa shape index (κ1) is 15.0. The lowest BCUT2D eigenvalue weighted by Gasteiger charge is -2.29. The summed E-state index contributed by atoms with van der Waals surface area (Å²) < 4.78 is 14.3. The third kappa shape index (κ3) is 3.45. The summed E-state index contributed by atoms with van der Waals surface area (Å²) in [6.07, 6.45) is 0. The topological polar surface area (TPSA) is 44.4 Å². The van der Waals surface area contributed by atoms with Crippen molar-refractivity contribution in [1.29, 1.82) is 0 Å². The average Bonchev–Trinajstić information content (AvgIpc) is 3.08. The van der Waals surface area contributed by atoms with E-state index in [1.165, 1.54) is 17.4 Å². The first-order valence-corrected chi connectivity index (χ1v) is 8.23. The number of thiophene rings is 1. The number of carbonyl (C=O) groups excluding carboxylic acids is 1. The molecule has 0 bridgehead atoms. The van der Waals surface area contributed by atoms with Crippen molar-refractivity contribution in [2.45, 2.75) is 6.54 Å². The number of anilines is 1. The zero-order chi connectivity index (χ0) is 15.4. The number of hydrogen-bond acceptors (Lipinski definition) is 4. The number of rotatable bonds is 4. The van der Waals surface area contributed by atoms with Gasteiger partial charge in [0.1, 0.15) is 5.82 Å². The molecule has 4 nitrogen and oxygen atoms in total. The van der Waals surface area contributed by atoms with Crippen molar-refractivity contribution in [2.24, 2.45) is 0 Å². The number of piperazine rings is 1. The van der Waals surface area contributed by atoms with Crippen LogP contribution in [0.25, 0.3) is 0 Å². The number of hydrogen-bond donors (Lipinski definition) is 2. The van der Waals surface area contributed by atoms with Gasteiger partial charge in [-0.1, -0.05) is 6.07 Å². The summed E-state index contributed by atoms with van der Waals surface area (Å²) in [4.78, 5) is 13.9. The van der Waals surface area contributed by atoms with E-state index in [9.17, 15) is 9.18 Å². The van der Waals surface area contributed by atoms with E-state index in [2.05, 4.69) is 10.6 Å². The Morgan fingerprint density at radius 1 is 1.32 bits per heavy atom. The van der Waals surface area contributed by atoms with Crippen LogP contribution in [0.2, 0.25) is 0 Å². The fourth-order valence-electron chi connectivity index (χ4n) is 2.50. The van der Waals surface area contributed by atoms with Crippen LogP contribution >= 0.6 is 11.3 Å². The lowest BCUT2D eigenvalue weighted by Crippen LogP contribution is -2.43. The molecule has 3 rings (SSSR count). The highest BCUT2D eigenvalue weighted by Gasteiger charge is 2.15. The largest absolute Gasteiger partial charge is 0.367 e. The molecular formula is C16H18FN3OS. The van der Waals surface area contributed by atoms with Crippen molar-refractivity contribution >= 4 is 22.9 Å². The van der Waals surface area contributed by atoms with Crippen LogP contribution in [0, 0.1) is 5.82 Å². The van der Waals surface area contributed by atoms with Crippen molar-refractivity contribution in [3.8, 4) is 0 Å². The van der Waals surface area contributed by atoms with Crippen LogP contribution < -0.4 is 15.5 Å². The van der Waals surface area contributed by atoms with E-state index < -0.39 is 0 Å². The highest BCUT2D eigenvalue weighted by molar-refractivity contribution is 7.08. The maximum atomic E-state index is 14.3. The van der Waals surface area contributed by atoms with Gasteiger partial charge in [0.2, 0.25) is 0 Å². The fourth-order valence-corrected chi connectivity index (χ4v) is 3.14. The van der Waals surface area contributed by atoms with Gasteiger partial charge >= 0.3 is 0 Å². The summed E-state index contributed by atoms with van der Waals surface area (Å²) in [6.45, 7) is 3.69. The molecule has 2 aromatic rings. The molecule has 1 aliphatic heterocycles. The molecule has 0 spiro atoms. The minimum absolute atomic E-state index is 0.132. The number of carbonyl (C=O) groups is 1. The Balaban J connectivity index is 1.63. The Kier molecular flexibility index (Phi) is 4.70. The van der Waals surface area contributed by atoms with Gasteiger partial charge in [0.05, 0.1) is 5.69 Å². The molecule has 1 amide bonds. The number of nitrogens with zero attached hydrogens (tertiary/aromatic N) is 1. The third-order valence-corrected chi connectivity index (χ3v) is 4.39. The van der Waals surface area contributed by atoms with E-state index in [0.29, 0.717) is 17.8 Å². The van der Waals surface area contributed by atoms with Crippen LogP contribution in [0.5, 0.6) is 0 Å². The van der Waals surface area contributed by atoms with Gasteiger partial charge in [-0.15, -0.1) is 0 Å². The van der Waals surface area contributed by atoms with E-state index in [0.717, 1.165) is 31.7 Å². The summed E-state index contributed by atoms with van der Waals surface area (Å²) in [6, 6.07) is 6.94. The molecule has 1 saturated heterocycles. The Bertz CT molecular complexity index is 639. The monoisotopic (exact) mass is 319 g/mol. The van der Waals surface area contributed by atoms with Gasteiger partial charge in [-0.05, 0) is 29.1 Å². The SMILES string of the molecule is O=C(NCc1ccc(N2CCNCC2)c(F)c1)c1ccsc1. The minimum Gasteiger partial charge on any atom is -0.367 e. The highest BCUT2D eigenvalue weighted by Crippen LogP contribution is 2.21. The number of halogens is 1. The van der Waals surface area contributed by atoms with Gasteiger partial charge in [-0.25, -0.2) is 4.39 Å². The standard InChI is InChI=1S/C16H18FN3OS/c17-14-9-12(10-19-16(21)13-3-8-22-11-13)1-2-15(14)20-6-4-18-5-7-20/h1-3,8-9,11,18H,4-7,10H2,(H,19,21). The molecule has 2 N–H and O–H groups in total. The summed E-state index contributed by atoms with van der Waals surface area (Å²) in [5, 5.41) is 9.71. The van der Waals surface area contributed by atoms with E-state index in [-0.39, 0.29) is 11.7 Å². The molecule has 116 valence electrons. The first-order chi connectivity index (χ1) is 10.7. The van der Waals surface area contributed by atoms with Crippen molar-refractivity contribution in [2.75, 3.05) is 31.1 Å². The van der Waals surface area contributed by atoms with E-state index in [4.69, 9.17) is 0 Å². The van der Waals surface area contributed by atoms with Crippen molar-refractivity contribution in [3.05, 3.63) is 52.0 Å². The van der Waals surface area contributed by atoms with Crippen molar-refractivity contribution in [3.63, 3.8) is 0 Å². The normalized spacial score (nSPS) is 14.9. The van der Waals surface area contributed by atoms with Crippen LogP contribution in [-0.4, -0.2) is 32.1 Å². The summed E-state index contributed by atoms with van der Waals surface area (Å²) in [5.74, 6) is -0.364. The molecule has 0 aliphatic carbocycles. The molecule has 0 saturated carbocycles. The quantitative estimate of drug-likeness (QED) is 0.908. The van der Waals surface area contributed by atoms with Crippen molar-refractivity contribution in [1.82, 2.24) is 10.6 Å².